The number of rotatable bonds is 10. The van der Waals surface area contributed by atoms with Crippen molar-refractivity contribution in [2.75, 3.05) is 6.54 Å². The Bertz CT molecular complexity index is 485. The summed E-state index contributed by atoms with van der Waals surface area (Å²) in [4.78, 5) is 11.6. The molecule has 23 heavy (non-hydrogen) atoms. The van der Waals surface area contributed by atoms with Crippen molar-refractivity contribution in [2.45, 2.75) is 51.5 Å². The Morgan fingerprint density at radius 2 is 1.91 bits per heavy atom. The smallest absolute Gasteiger partial charge is 0.387 e. The lowest BCUT2D eigenvalue weighted by molar-refractivity contribution is -0.158. The highest BCUT2D eigenvalue weighted by Gasteiger charge is 2.19. The molecule has 1 aromatic rings. The summed E-state index contributed by atoms with van der Waals surface area (Å²) in [5, 5.41) is 0. The molecule has 0 heterocycles. The zero-order valence-corrected chi connectivity index (χ0v) is 13.0. The van der Waals surface area contributed by atoms with Gasteiger partial charge < -0.3 is 15.2 Å². The van der Waals surface area contributed by atoms with Gasteiger partial charge in [-0.15, -0.1) is 0 Å². The van der Waals surface area contributed by atoms with E-state index in [1.165, 1.54) is 6.07 Å². The third-order valence-electron chi connectivity index (χ3n) is 3.33. The van der Waals surface area contributed by atoms with Crippen LogP contribution in [0.25, 0.3) is 0 Å². The lowest BCUT2D eigenvalue weighted by atomic mass is 9.93. The SMILES string of the molecule is CCCC(F)OC(=O)CCC(CN)c1ccccc1OC(F)F. The van der Waals surface area contributed by atoms with E-state index in [2.05, 4.69) is 9.47 Å². The van der Waals surface area contributed by atoms with E-state index in [1.54, 1.807) is 25.1 Å². The molecule has 0 bridgehead atoms. The first-order valence-corrected chi connectivity index (χ1v) is 7.55. The summed E-state index contributed by atoms with van der Waals surface area (Å²) in [5.41, 5.74) is 6.16. The van der Waals surface area contributed by atoms with Crippen LogP contribution >= 0.6 is 0 Å². The molecular weight excluding hydrogens is 311 g/mol. The molecule has 4 nitrogen and oxygen atoms in total. The van der Waals surface area contributed by atoms with Gasteiger partial charge in [0.05, 0.1) is 0 Å². The van der Waals surface area contributed by atoms with E-state index in [0.29, 0.717) is 12.0 Å². The van der Waals surface area contributed by atoms with E-state index in [4.69, 9.17) is 5.73 Å². The molecule has 0 saturated carbocycles. The van der Waals surface area contributed by atoms with Crippen molar-refractivity contribution in [1.82, 2.24) is 0 Å². The van der Waals surface area contributed by atoms with E-state index in [0.717, 1.165) is 0 Å². The minimum absolute atomic E-state index is 0.0284. The third-order valence-corrected chi connectivity index (χ3v) is 3.33. The fourth-order valence-electron chi connectivity index (χ4n) is 2.20. The molecule has 0 radical (unpaired) electrons. The van der Waals surface area contributed by atoms with E-state index >= 15 is 0 Å². The van der Waals surface area contributed by atoms with Crippen molar-refractivity contribution >= 4 is 5.97 Å². The number of esters is 1. The van der Waals surface area contributed by atoms with Crippen LogP contribution in [-0.4, -0.2) is 25.5 Å². The van der Waals surface area contributed by atoms with E-state index < -0.39 is 18.9 Å². The Labute approximate surface area is 133 Å². The van der Waals surface area contributed by atoms with Gasteiger partial charge in [-0.25, -0.2) is 4.39 Å². The Hall–Kier alpha value is -1.76. The van der Waals surface area contributed by atoms with E-state index in [9.17, 15) is 18.0 Å². The summed E-state index contributed by atoms with van der Waals surface area (Å²) < 4.78 is 47.2. The van der Waals surface area contributed by atoms with Crippen LogP contribution in [0.3, 0.4) is 0 Å². The first-order valence-electron chi connectivity index (χ1n) is 7.55. The fraction of sp³-hybridized carbons (Fsp3) is 0.562. The molecule has 0 aliphatic rings. The first-order chi connectivity index (χ1) is 11.0. The summed E-state index contributed by atoms with van der Waals surface area (Å²) in [6.45, 7) is -1.02. The van der Waals surface area contributed by atoms with Crippen LogP contribution in [0.1, 0.15) is 44.1 Å². The highest BCUT2D eigenvalue weighted by molar-refractivity contribution is 5.69. The van der Waals surface area contributed by atoms with Crippen LogP contribution < -0.4 is 10.5 Å². The molecule has 0 saturated heterocycles. The third kappa shape index (κ3) is 6.90. The summed E-state index contributed by atoms with van der Waals surface area (Å²) in [7, 11) is 0. The second-order valence-electron chi connectivity index (χ2n) is 5.08. The lowest BCUT2D eigenvalue weighted by Gasteiger charge is -2.19. The molecule has 7 heteroatoms. The van der Waals surface area contributed by atoms with Gasteiger partial charge in [-0.3, -0.25) is 4.79 Å². The van der Waals surface area contributed by atoms with Crippen LogP contribution in [0.15, 0.2) is 24.3 Å². The van der Waals surface area contributed by atoms with Crippen molar-refractivity contribution < 1.29 is 27.4 Å². The Balaban J connectivity index is 2.65. The molecule has 0 aromatic heterocycles. The zero-order chi connectivity index (χ0) is 17.2. The maximum Gasteiger partial charge on any atom is 0.387 e. The number of halogens is 3. The number of hydrogen-bond donors (Lipinski definition) is 1. The van der Waals surface area contributed by atoms with E-state index in [-0.39, 0.29) is 37.5 Å². The number of carbonyl (C=O) groups is 1. The Morgan fingerprint density at radius 3 is 2.52 bits per heavy atom. The highest BCUT2D eigenvalue weighted by atomic mass is 19.3. The van der Waals surface area contributed by atoms with Crippen LogP contribution in [0.5, 0.6) is 5.75 Å². The predicted octanol–water partition coefficient (Wildman–Crippen LogP) is 3.75. The van der Waals surface area contributed by atoms with Crippen molar-refractivity contribution in [3.05, 3.63) is 29.8 Å². The average molecular weight is 333 g/mol. The van der Waals surface area contributed by atoms with Gasteiger partial charge in [0.2, 0.25) is 6.36 Å². The minimum Gasteiger partial charge on any atom is -0.435 e. The van der Waals surface area contributed by atoms with E-state index in [1.807, 2.05) is 0 Å². The molecule has 0 aliphatic heterocycles. The number of para-hydroxylation sites is 1. The summed E-state index contributed by atoms with van der Waals surface area (Å²) in [5.74, 6) is -1.00. The van der Waals surface area contributed by atoms with Gasteiger partial charge in [0.15, 0.2) is 0 Å². The lowest BCUT2D eigenvalue weighted by Crippen LogP contribution is -2.18. The van der Waals surface area contributed by atoms with Gasteiger partial charge >= 0.3 is 12.6 Å². The van der Waals surface area contributed by atoms with Crippen molar-refractivity contribution in [3.63, 3.8) is 0 Å². The van der Waals surface area contributed by atoms with Gasteiger partial charge in [0, 0.05) is 18.8 Å². The first kappa shape index (κ1) is 19.3. The molecule has 1 rings (SSSR count). The number of nitrogens with two attached hydrogens (primary N) is 1. The largest absolute Gasteiger partial charge is 0.435 e. The van der Waals surface area contributed by atoms with Gasteiger partial charge in [-0.05, 0) is 31.0 Å². The van der Waals surface area contributed by atoms with Crippen molar-refractivity contribution in [3.8, 4) is 5.75 Å². The number of alkyl halides is 3. The second kappa shape index (κ2) is 10.1. The topological polar surface area (TPSA) is 61.5 Å². The monoisotopic (exact) mass is 333 g/mol. The van der Waals surface area contributed by atoms with Crippen molar-refractivity contribution in [1.29, 1.82) is 0 Å². The number of hydrogen-bond acceptors (Lipinski definition) is 4. The zero-order valence-electron chi connectivity index (χ0n) is 13.0. The average Bonchev–Trinajstić information content (AvgIpc) is 2.49. The highest BCUT2D eigenvalue weighted by Crippen LogP contribution is 2.30. The molecule has 2 atom stereocenters. The molecule has 0 fully saturated rings. The molecule has 2 unspecified atom stereocenters. The predicted molar refractivity (Wildman–Crippen MR) is 80.0 cm³/mol. The van der Waals surface area contributed by atoms with Gasteiger partial charge in [-0.1, -0.05) is 25.1 Å². The molecule has 2 N–H and O–H groups in total. The van der Waals surface area contributed by atoms with Crippen molar-refractivity contribution in [2.24, 2.45) is 5.73 Å². The maximum absolute atomic E-state index is 13.2. The molecule has 1 aromatic carbocycles. The normalized spacial score (nSPS) is 13.7. The van der Waals surface area contributed by atoms with Crippen LogP contribution in [-0.2, 0) is 9.53 Å². The number of ether oxygens (including phenoxy) is 2. The molecule has 130 valence electrons. The standard InChI is InChI=1S/C16H22F3NO3/c1-2-5-14(17)23-15(21)9-8-11(10-20)12-6-3-4-7-13(12)22-16(18)19/h3-4,6-7,11,14,16H,2,5,8-10,20H2,1H3. The number of benzene rings is 1. The quantitative estimate of drug-likeness (QED) is 0.663. The summed E-state index contributed by atoms with van der Waals surface area (Å²) in [6, 6.07) is 6.28. The van der Waals surface area contributed by atoms with Crippen LogP contribution in [0.2, 0.25) is 0 Å². The molecule has 0 aliphatic carbocycles. The van der Waals surface area contributed by atoms with Gasteiger partial charge in [0.1, 0.15) is 5.75 Å². The van der Waals surface area contributed by atoms with Crippen LogP contribution in [0, 0.1) is 0 Å². The summed E-state index contributed by atoms with van der Waals surface area (Å²) in [6.07, 6.45) is -0.680. The second-order valence-corrected chi connectivity index (χ2v) is 5.08. The Kier molecular flexibility index (Phi) is 8.47. The minimum atomic E-state index is -2.94. The number of carbonyl (C=O) groups excluding carboxylic acids is 1. The fourth-order valence-corrected chi connectivity index (χ4v) is 2.20. The summed E-state index contributed by atoms with van der Waals surface area (Å²) >= 11 is 0. The molecule has 0 spiro atoms. The maximum atomic E-state index is 13.2. The molecule has 0 amide bonds. The van der Waals surface area contributed by atoms with Gasteiger partial charge in [0.25, 0.3) is 0 Å². The Morgan fingerprint density at radius 1 is 1.22 bits per heavy atom. The van der Waals surface area contributed by atoms with Gasteiger partial charge in [-0.2, -0.15) is 8.78 Å². The van der Waals surface area contributed by atoms with Crippen LogP contribution in [0.4, 0.5) is 13.2 Å². The molecular formula is C16H22F3NO3.